The summed E-state index contributed by atoms with van der Waals surface area (Å²) in [5.74, 6) is 0. The minimum Gasteiger partial charge on any atom is -0.389 e. The van der Waals surface area contributed by atoms with Crippen molar-refractivity contribution in [2.24, 2.45) is 5.73 Å². The second-order valence-electron chi connectivity index (χ2n) is 3.63. The number of aromatic nitrogens is 1. The van der Waals surface area contributed by atoms with Gasteiger partial charge in [-0.2, -0.15) is 0 Å². The van der Waals surface area contributed by atoms with Crippen LogP contribution in [0.4, 0.5) is 5.69 Å². The quantitative estimate of drug-likeness (QED) is 0.833. The first-order valence-corrected chi connectivity index (χ1v) is 7.05. The Bertz CT molecular complexity index is 540. The molecule has 2 aromatic rings. The summed E-state index contributed by atoms with van der Waals surface area (Å²) in [5.41, 5.74) is 7.25. The Hall–Kier alpha value is -1.17. The van der Waals surface area contributed by atoms with E-state index in [1.54, 1.807) is 23.6 Å². The van der Waals surface area contributed by atoms with Crippen LogP contribution in [0.5, 0.6) is 0 Å². The summed E-state index contributed by atoms with van der Waals surface area (Å²) < 4.78 is 0. The molecule has 0 atom stereocenters. The van der Waals surface area contributed by atoms with Crippen molar-refractivity contribution in [1.82, 2.24) is 4.98 Å². The normalized spacial score (nSPS) is 10.3. The number of hydrogen-bond acceptors (Lipinski definition) is 4. The molecule has 0 saturated heterocycles. The van der Waals surface area contributed by atoms with Gasteiger partial charge in [-0.05, 0) is 12.1 Å². The molecule has 0 fully saturated rings. The number of hydrogen-bond donors (Lipinski definition) is 2. The summed E-state index contributed by atoms with van der Waals surface area (Å²) >= 11 is 12.7. The lowest BCUT2D eigenvalue weighted by Gasteiger charge is -2.11. The fraction of sp³-hybridized carbons (Fsp3) is 0.167. The van der Waals surface area contributed by atoms with Crippen LogP contribution in [0.15, 0.2) is 29.8 Å². The van der Waals surface area contributed by atoms with Crippen molar-refractivity contribution in [2.45, 2.75) is 6.42 Å². The van der Waals surface area contributed by atoms with E-state index in [4.69, 9.17) is 29.6 Å². The van der Waals surface area contributed by atoms with Gasteiger partial charge in [0.25, 0.3) is 0 Å². The molecule has 0 bridgehead atoms. The molecule has 18 heavy (non-hydrogen) atoms. The lowest BCUT2D eigenvalue weighted by Crippen LogP contribution is -2.15. The van der Waals surface area contributed by atoms with E-state index in [2.05, 4.69) is 10.3 Å². The number of nitrogens with two attached hydrogens (primary N) is 1. The van der Waals surface area contributed by atoms with Crippen LogP contribution in [0.3, 0.4) is 0 Å². The zero-order valence-corrected chi connectivity index (χ0v) is 11.9. The largest absolute Gasteiger partial charge is 0.389 e. The first-order chi connectivity index (χ1) is 8.68. The fourth-order valence-electron chi connectivity index (χ4n) is 1.60. The molecule has 6 heteroatoms. The summed E-state index contributed by atoms with van der Waals surface area (Å²) in [5, 5.41) is 6.93. The maximum absolute atomic E-state index is 6.09. The number of thiocarbonyl (C=S) groups is 1. The predicted octanol–water partition coefficient (Wildman–Crippen LogP) is 3.09. The van der Waals surface area contributed by atoms with Crippen LogP contribution in [-0.2, 0) is 6.42 Å². The number of thiazole rings is 1. The van der Waals surface area contributed by atoms with Gasteiger partial charge < -0.3 is 11.1 Å². The number of nitrogens with zero attached hydrogens (tertiary/aromatic N) is 1. The average molecular weight is 298 g/mol. The minimum atomic E-state index is 0.303. The lowest BCUT2D eigenvalue weighted by atomic mass is 10.1. The number of rotatable bonds is 5. The first kappa shape index (κ1) is 13.3. The molecule has 1 heterocycles. The molecule has 0 spiro atoms. The molecule has 0 saturated carbocycles. The standard InChI is InChI=1S/C12H12ClN3S2/c13-8-2-1-3-9(11(8)12(14)17)15-5-4-10-16-6-7-18-10/h1-3,6-7,15H,4-5H2,(H2,14,17). The van der Waals surface area contributed by atoms with Crippen LogP contribution in [0.1, 0.15) is 10.6 Å². The Balaban J connectivity index is 2.05. The van der Waals surface area contributed by atoms with Crippen molar-refractivity contribution in [2.75, 3.05) is 11.9 Å². The van der Waals surface area contributed by atoms with E-state index < -0.39 is 0 Å². The van der Waals surface area contributed by atoms with Gasteiger partial charge in [0.2, 0.25) is 0 Å². The third kappa shape index (κ3) is 3.19. The number of anilines is 1. The van der Waals surface area contributed by atoms with Crippen LogP contribution < -0.4 is 11.1 Å². The third-order valence-electron chi connectivity index (χ3n) is 2.40. The second kappa shape index (κ2) is 6.13. The van der Waals surface area contributed by atoms with Crippen molar-refractivity contribution in [1.29, 1.82) is 0 Å². The molecule has 0 aliphatic heterocycles. The van der Waals surface area contributed by atoms with Gasteiger partial charge in [0.15, 0.2) is 0 Å². The van der Waals surface area contributed by atoms with E-state index in [0.717, 1.165) is 23.7 Å². The van der Waals surface area contributed by atoms with E-state index in [0.29, 0.717) is 15.6 Å². The number of nitrogens with one attached hydrogen (secondary N) is 1. The van der Waals surface area contributed by atoms with Crippen LogP contribution in [0.25, 0.3) is 0 Å². The molecule has 0 radical (unpaired) electrons. The molecule has 1 aromatic carbocycles. The Labute approximate surface area is 120 Å². The van der Waals surface area contributed by atoms with Gasteiger partial charge >= 0.3 is 0 Å². The smallest absolute Gasteiger partial charge is 0.107 e. The van der Waals surface area contributed by atoms with Crippen molar-refractivity contribution in [3.63, 3.8) is 0 Å². The lowest BCUT2D eigenvalue weighted by molar-refractivity contribution is 0.998. The summed E-state index contributed by atoms with van der Waals surface area (Å²) in [6, 6.07) is 5.57. The molecular weight excluding hydrogens is 286 g/mol. The summed E-state index contributed by atoms with van der Waals surface area (Å²) in [6.45, 7) is 0.767. The SMILES string of the molecule is NC(=S)c1c(Cl)cccc1NCCc1nccs1. The van der Waals surface area contributed by atoms with Gasteiger partial charge in [0, 0.05) is 30.2 Å². The molecule has 94 valence electrons. The predicted molar refractivity (Wildman–Crippen MR) is 81.6 cm³/mol. The van der Waals surface area contributed by atoms with Gasteiger partial charge in [-0.15, -0.1) is 11.3 Å². The molecule has 3 nitrogen and oxygen atoms in total. The minimum absolute atomic E-state index is 0.303. The van der Waals surface area contributed by atoms with E-state index in [9.17, 15) is 0 Å². The van der Waals surface area contributed by atoms with Crippen molar-refractivity contribution < 1.29 is 0 Å². The zero-order valence-electron chi connectivity index (χ0n) is 9.52. The van der Waals surface area contributed by atoms with Gasteiger partial charge in [0.05, 0.1) is 15.6 Å². The second-order valence-corrected chi connectivity index (χ2v) is 5.46. The molecule has 0 unspecified atom stereocenters. The zero-order chi connectivity index (χ0) is 13.0. The third-order valence-corrected chi connectivity index (χ3v) is 3.76. The van der Waals surface area contributed by atoms with E-state index >= 15 is 0 Å². The van der Waals surface area contributed by atoms with Gasteiger partial charge in [0.1, 0.15) is 4.99 Å². The summed E-state index contributed by atoms with van der Waals surface area (Å²) in [7, 11) is 0. The van der Waals surface area contributed by atoms with Gasteiger partial charge in [-0.1, -0.05) is 29.9 Å². The topological polar surface area (TPSA) is 50.9 Å². The summed E-state index contributed by atoms with van der Waals surface area (Å²) in [6.07, 6.45) is 2.67. The van der Waals surface area contributed by atoms with Crippen molar-refractivity contribution in [3.8, 4) is 0 Å². The first-order valence-electron chi connectivity index (χ1n) is 5.39. The average Bonchev–Trinajstić information content (AvgIpc) is 2.81. The van der Waals surface area contributed by atoms with Crippen LogP contribution in [0, 0.1) is 0 Å². The monoisotopic (exact) mass is 297 g/mol. The highest BCUT2D eigenvalue weighted by molar-refractivity contribution is 7.80. The number of halogens is 1. The fourth-order valence-corrected chi connectivity index (χ4v) is 2.78. The van der Waals surface area contributed by atoms with Gasteiger partial charge in [-0.25, -0.2) is 4.98 Å². The molecule has 0 aliphatic carbocycles. The maximum Gasteiger partial charge on any atom is 0.107 e. The van der Waals surface area contributed by atoms with E-state index in [-0.39, 0.29) is 0 Å². The molecular formula is C12H12ClN3S2. The Morgan fingerprint density at radius 1 is 1.50 bits per heavy atom. The molecule has 0 aliphatic rings. The van der Waals surface area contributed by atoms with Crippen molar-refractivity contribution in [3.05, 3.63) is 45.4 Å². The molecule has 2 rings (SSSR count). The van der Waals surface area contributed by atoms with Gasteiger partial charge in [-0.3, -0.25) is 0 Å². The Morgan fingerprint density at radius 3 is 3.00 bits per heavy atom. The number of benzene rings is 1. The van der Waals surface area contributed by atoms with E-state index in [1.165, 1.54) is 0 Å². The van der Waals surface area contributed by atoms with Crippen LogP contribution in [0.2, 0.25) is 5.02 Å². The molecule has 3 N–H and O–H groups in total. The summed E-state index contributed by atoms with van der Waals surface area (Å²) in [4.78, 5) is 4.53. The van der Waals surface area contributed by atoms with Crippen LogP contribution >= 0.6 is 35.2 Å². The van der Waals surface area contributed by atoms with Crippen molar-refractivity contribution >= 4 is 45.8 Å². The Kier molecular flexibility index (Phi) is 4.52. The van der Waals surface area contributed by atoms with E-state index in [1.807, 2.05) is 17.5 Å². The Morgan fingerprint density at radius 2 is 2.33 bits per heavy atom. The highest BCUT2D eigenvalue weighted by Crippen LogP contribution is 2.24. The molecule has 1 aromatic heterocycles. The van der Waals surface area contributed by atoms with Crippen LogP contribution in [-0.4, -0.2) is 16.5 Å². The highest BCUT2D eigenvalue weighted by Gasteiger charge is 2.09. The maximum atomic E-state index is 6.09. The molecule has 0 amide bonds. The highest BCUT2D eigenvalue weighted by atomic mass is 35.5.